The Labute approximate surface area is 235 Å². The summed E-state index contributed by atoms with van der Waals surface area (Å²) in [5, 5.41) is 21.0. The summed E-state index contributed by atoms with van der Waals surface area (Å²) in [4.78, 5) is 40.4. The van der Waals surface area contributed by atoms with Crippen LogP contribution >= 0.6 is 11.6 Å². The van der Waals surface area contributed by atoms with Crippen LogP contribution < -0.4 is 0 Å². The van der Waals surface area contributed by atoms with Crippen molar-refractivity contribution in [2.24, 2.45) is 0 Å². The molecule has 4 aromatic rings. The van der Waals surface area contributed by atoms with Gasteiger partial charge in [-0.1, -0.05) is 54.1 Å². The van der Waals surface area contributed by atoms with Crippen LogP contribution in [0.4, 0.5) is 0 Å². The predicted octanol–water partition coefficient (Wildman–Crippen LogP) is 4.61. The number of carboxylic acid groups (broad SMARTS) is 1. The number of carbonyl (C=O) groups is 3. The molecule has 1 aliphatic heterocycles. The lowest BCUT2D eigenvalue weighted by molar-refractivity contribution is -0.138. The number of rotatable bonds is 8. The van der Waals surface area contributed by atoms with Crippen molar-refractivity contribution in [3.05, 3.63) is 112 Å². The van der Waals surface area contributed by atoms with E-state index in [9.17, 15) is 19.5 Å². The van der Waals surface area contributed by atoms with E-state index in [1.165, 1.54) is 29.2 Å². The first-order valence-electron chi connectivity index (χ1n) is 12.8. The number of tetrazole rings is 1. The third kappa shape index (κ3) is 6.00. The number of hydrogen-bond donors (Lipinski definition) is 1. The lowest BCUT2D eigenvalue weighted by atomic mass is 9.80. The van der Waals surface area contributed by atoms with Gasteiger partial charge in [-0.15, -0.1) is 5.10 Å². The fourth-order valence-electron chi connectivity index (χ4n) is 5.16. The van der Waals surface area contributed by atoms with E-state index in [1.54, 1.807) is 41.3 Å². The SMILES string of the molecule is O=C(O)c1ccc(CC(=O)C2C(c3ccccc3)CCCN2C(=O)/C=C/c2cc(Cl)ccc2-n2cnnn2)cc1. The molecule has 2 atom stereocenters. The van der Waals surface area contributed by atoms with Crippen LogP contribution in [0.25, 0.3) is 11.8 Å². The monoisotopic (exact) mass is 555 g/mol. The fourth-order valence-corrected chi connectivity index (χ4v) is 5.34. The van der Waals surface area contributed by atoms with Gasteiger partial charge in [0.25, 0.3) is 0 Å². The molecular formula is C30H26ClN5O4. The summed E-state index contributed by atoms with van der Waals surface area (Å²) in [5.41, 5.74) is 3.14. The highest BCUT2D eigenvalue weighted by Crippen LogP contribution is 2.34. The molecule has 0 spiro atoms. The largest absolute Gasteiger partial charge is 0.478 e. The van der Waals surface area contributed by atoms with E-state index >= 15 is 0 Å². The van der Waals surface area contributed by atoms with E-state index in [2.05, 4.69) is 15.5 Å². The van der Waals surface area contributed by atoms with E-state index in [0.717, 1.165) is 18.4 Å². The summed E-state index contributed by atoms with van der Waals surface area (Å²) >= 11 is 6.23. The average Bonchev–Trinajstić information content (AvgIpc) is 3.51. The molecule has 1 fully saturated rings. The molecule has 0 aliphatic carbocycles. The molecule has 1 N–H and O–H groups in total. The predicted molar refractivity (Wildman–Crippen MR) is 149 cm³/mol. The number of nitrogens with zero attached hydrogens (tertiary/aromatic N) is 5. The van der Waals surface area contributed by atoms with Gasteiger partial charge in [0.1, 0.15) is 6.33 Å². The van der Waals surface area contributed by atoms with Crippen LogP contribution in [0, 0.1) is 0 Å². The van der Waals surface area contributed by atoms with E-state index in [-0.39, 0.29) is 29.6 Å². The molecule has 40 heavy (non-hydrogen) atoms. The topological polar surface area (TPSA) is 118 Å². The van der Waals surface area contributed by atoms with Crippen LogP contribution in [0.2, 0.25) is 5.02 Å². The minimum Gasteiger partial charge on any atom is -0.478 e. The Hall–Kier alpha value is -4.63. The molecule has 1 aromatic heterocycles. The third-order valence-electron chi connectivity index (χ3n) is 7.04. The molecule has 9 nitrogen and oxygen atoms in total. The minimum atomic E-state index is -1.03. The van der Waals surface area contributed by atoms with E-state index in [4.69, 9.17) is 11.6 Å². The molecule has 1 aliphatic rings. The molecule has 2 heterocycles. The molecule has 0 saturated carbocycles. The smallest absolute Gasteiger partial charge is 0.335 e. The number of benzene rings is 3. The van der Waals surface area contributed by atoms with Crippen molar-refractivity contribution in [3.63, 3.8) is 0 Å². The Bertz CT molecular complexity index is 1540. The van der Waals surface area contributed by atoms with Gasteiger partial charge in [0.15, 0.2) is 5.78 Å². The van der Waals surface area contributed by atoms with Crippen LogP contribution in [0.1, 0.15) is 45.8 Å². The maximum atomic E-state index is 13.8. The van der Waals surface area contributed by atoms with Gasteiger partial charge in [-0.25, -0.2) is 4.79 Å². The van der Waals surface area contributed by atoms with Gasteiger partial charge in [-0.3, -0.25) is 9.59 Å². The summed E-state index contributed by atoms with van der Waals surface area (Å²) in [7, 11) is 0. The number of aromatic nitrogens is 4. The summed E-state index contributed by atoms with van der Waals surface area (Å²) in [5.74, 6) is -1.58. The highest BCUT2D eigenvalue weighted by molar-refractivity contribution is 6.30. The number of halogens is 1. The first kappa shape index (κ1) is 27.0. The van der Waals surface area contributed by atoms with Crippen LogP contribution in [0.5, 0.6) is 0 Å². The van der Waals surface area contributed by atoms with Gasteiger partial charge < -0.3 is 10.0 Å². The minimum absolute atomic E-state index is 0.0825. The van der Waals surface area contributed by atoms with Gasteiger partial charge in [-0.05, 0) is 70.8 Å². The van der Waals surface area contributed by atoms with E-state index < -0.39 is 12.0 Å². The summed E-state index contributed by atoms with van der Waals surface area (Å²) in [6, 6.07) is 20.5. The molecular weight excluding hydrogens is 530 g/mol. The second kappa shape index (κ2) is 12.0. The first-order valence-corrected chi connectivity index (χ1v) is 13.2. The normalized spacial score (nSPS) is 17.2. The lowest BCUT2D eigenvalue weighted by Gasteiger charge is -2.40. The zero-order valence-corrected chi connectivity index (χ0v) is 22.2. The van der Waals surface area contributed by atoms with Crippen LogP contribution in [-0.4, -0.2) is 60.5 Å². The molecule has 1 amide bonds. The highest BCUT2D eigenvalue weighted by Gasteiger charge is 2.39. The van der Waals surface area contributed by atoms with Crippen molar-refractivity contribution in [1.82, 2.24) is 25.1 Å². The zero-order chi connectivity index (χ0) is 28.1. The number of Topliss-reactive ketones (excluding diaryl/α,β-unsaturated/α-hetero) is 1. The van der Waals surface area contributed by atoms with E-state index in [0.29, 0.717) is 28.4 Å². The summed E-state index contributed by atoms with van der Waals surface area (Å²) in [6.45, 7) is 0.441. The van der Waals surface area contributed by atoms with Crippen molar-refractivity contribution in [1.29, 1.82) is 0 Å². The number of likely N-dealkylation sites (tertiary alicyclic amines) is 1. The Balaban J connectivity index is 1.44. The second-order valence-electron chi connectivity index (χ2n) is 9.57. The Morgan fingerprint density at radius 3 is 2.50 bits per heavy atom. The molecule has 202 valence electrons. The van der Waals surface area contributed by atoms with E-state index in [1.807, 2.05) is 30.3 Å². The third-order valence-corrected chi connectivity index (χ3v) is 7.28. The van der Waals surface area contributed by atoms with Gasteiger partial charge >= 0.3 is 5.97 Å². The molecule has 0 bridgehead atoms. The van der Waals surface area contributed by atoms with Crippen molar-refractivity contribution in [2.45, 2.75) is 31.2 Å². The van der Waals surface area contributed by atoms with Crippen LogP contribution in [-0.2, 0) is 16.0 Å². The summed E-state index contributed by atoms with van der Waals surface area (Å²) in [6.07, 6.45) is 6.17. The molecule has 3 aromatic carbocycles. The molecule has 10 heteroatoms. The quantitative estimate of drug-likeness (QED) is 0.315. The molecule has 2 unspecified atom stereocenters. The summed E-state index contributed by atoms with van der Waals surface area (Å²) < 4.78 is 1.48. The number of amides is 1. The number of carbonyl (C=O) groups excluding carboxylic acids is 2. The number of hydrogen-bond acceptors (Lipinski definition) is 6. The maximum absolute atomic E-state index is 13.8. The first-order chi connectivity index (χ1) is 19.4. The lowest BCUT2D eigenvalue weighted by Crippen LogP contribution is -2.51. The van der Waals surface area contributed by atoms with Crippen molar-refractivity contribution < 1.29 is 19.5 Å². The highest BCUT2D eigenvalue weighted by atomic mass is 35.5. The zero-order valence-electron chi connectivity index (χ0n) is 21.4. The molecule has 0 radical (unpaired) electrons. The second-order valence-corrected chi connectivity index (χ2v) is 10.0. The Morgan fingerprint density at radius 1 is 1.02 bits per heavy atom. The molecule has 5 rings (SSSR count). The molecule has 1 saturated heterocycles. The number of carboxylic acids is 1. The number of piperidine rings is 1. The standard InChI is InChI=1S/C30H26ClN5O4/c31-24-13-14-26(36-19-32-33-34-36)23(18-24)12-15-28(38)35-16-4-7-25(21-5-2-1-3-6-21)29(35)27(37)17-20-8-10-22(11-9-20)30(39)40/h1-3,5-6,8-15,18-19,25,29H,4,7,16-17H2,(H,39,40)/b15-12+. The van der Waals surface area contributed by atoms with Gasteiger partial charge in [0, 0.05) is 35.5 Å². The fraction of sp³-hybridized carbons (Fsp3) is 0.200. The Morgan fingerprint density at radius 2 is 1.80 bits per heavy atom. The average molecular weight is 556 g/mol. The van der Waals surface area contributed by atoms with Crippen LogP contribution in [0.15, 0.2) is 85.2 Å². The number of ketones is 1. The van der Waals surface area contributed by atoms with Crippen molar-refractivity contribution in [3.8, 4) is 5.69 Å². The van der Waals surface area contributed by atoms with Crippen LogP contribution in [0.3, 0.4) is 0 Å². The van der Waals surface area contributed by atoms with Crippen molar-refractivity contribution in [2.75, 3.05) is 6.54 Å². The Kier molecular flexibility index (Phi) is 8.12. The van der Waals surface area contributed by atoms with Gasteiger partial charge in [-0.2, -0.15) is 4.68 Å². The number of aromatic carboxylic acids is 1. The van der Waals surface area contributed by atoms with Gasteiger partial charge in [0.2, 0.25) is 5.91 Å². The van der Waals surface area contributed by atoms with Crippen molar-refractivity contribution >= 4 is 35.3 Å². The van der Waals surface area contributed by atoms with Gasteiger partial charge in [0.05, 0.1) is 17.3 Å². The maximum Gasteiger partial charge on any atom is 0.335 e.